The maximum Gasteiger partial charge on any atom is 0.387 e. The quantitative estimate of drug-likeness (QED) is 0.478. The van der Waals surface area contributed by atoms with Crippen molar-refractivity contribution in [2.75, 3.05) is 13.9 Å². The average Bonchev–Trinajstić information content (AvgIpc) is 2.71. The van der Waals surface area contributed by atoms with Crippen molar-refractivity contribution in [3.63, 3.8) is 0 Å². The van der Waals surface area contributed by atoms with Crippen molar-refractivity contribution < 1.29 is 42.1 Å². The summed E-state index contributed by atoms with van der Waals surface area (Å²) in [4.78, 5) is 37.6. The summed E-state index contributed by atoms with van der Waals surface area (Å²) in [5, 5.41) is 2.92. The molecule has 8 nitrogen and oxygen atoms in total. The van der Waals surface area contributed by atoms with E-state index in [-0.39, 0.29) is 22.5 Å². The van der Waals surface area contributed by atoms with Gasteiger partial charge < -0.3 is 24.3 Å². The highest BCUT2D eigenvalue weighted by Gasteiger charge is 2.39. The summed E-state index contributed by atoms with van der Waals surface area (Å²) in [7, 11) is 1.16. The van der Waals surface area contributed by atoms with E-state index in [2.05, 4.69) is 10.1 Å². The first-order valence-corrected chi connectivity index (χ1v) is 10.0. The van der Waals surface area contributed by atoms with Gasteiger partial charge in [-0.3, -0.25) is 4.79 Å². The molecule has 0 spiro atoms. The summed E-state index contributed by atoms with van der Waals surface area (Å²) >= 11 is 0. The van der Waals surface area contributed by atoms with Crippen molar-refractivity contribution in [3.8, 4) is 5.75 Å². The van der Waals surface area contributed by atoms with E-state index in [9.17, 15) is 23.2 Å². The maximum absolute atomic E-state index is 13.0. The lowest BCUT2D eigenvalue weighted by Gasteiger charge is -2.31. The summed E-state index contributed by atoms with van der Waals surface area (Å²) in [5.41, 5.74) is -0.00162. The van der Waals surface area contributed by atoms with Gasteiger partial charge in [-0.15, -0.1) is 0 Å². The third kappa shape index (κ3) is 6.09. The van der Waals surface area contributed by atoms with Crippen LogP contribution in [0.1, 0.15) is 46.1 Å². The van der Waals surface area contributed by atoms with Gasteiger partial charge >= 0.3 is 24.5 Å². The number of carbonyl (C=O) groups is 3. The third-order valence-corrected chi connectivity index (χ3v) is 4.82. The number of para-hydroxylation sites is 1. The number of hydrogen-bond donors (Lipinski definition) is 1. The number of ether oxygens (including phenoxy) is 4. The minimum atomic E-state index is -3.13. The zero-order chi connectivity index (χ0) is 24.9. The van der Waals surface area contributed by atoms with Crippen LogP contribution in [0, 0.1) is 5.41 Å². The van der Waals surface area contributed by atoms with E-state index in [0.29, 0.717) is 11.4 Å². The molecule has 0 aliphatic carbocycles. The molecule has 33 heavy (non-hydrogen) atoms. The van der Waals surface area contributed by atoms with Crippen molar-refractivity contribution in [1.82, 2.24) is 5.32 Å². The molecule has 1 heterocycles. The predicted molar refractivity (Wildman–Crippen MR) is 113 cm³/mol. The lowest BCUT2D eigenvalue weighted by atomic mass is 9.80. The largest absolute Gasteiger partial charge is 0.466 e. The van der Waals surface area contributed by atoms with Gasteiger partial charge in [0.25, 0.3) is 0 Å². The Labute approximate surface area is 190 Å². The van der Waals surface area contributed by atoms with Gasteiger partial charge in [-0.2, -0.15) is 8.78 Å². The van der Waals surface area contributed by atoms with Crippen LogP contribution in [0.15, 0.2) is 46.8 Å². The number of nitrogens with one attached hydrogen (secondary N) is 1. The van der Waals surface area contributed by atoms with Crippen LogP contribution in [0.2, 0.25) is 0 Å². The first kappa shape index (κ1) is 25.8. The van der Waals surface area contributed by atoms with E-state index in [4.69, 9.17) is 14.2 Å². The fourth-order valence-corrected chi connectivity index (χ4v) is 3.31. The van der Waals surface area contributed by atoms with Crippen LogP contribution < -0.4 is 10.1 Å². The van der Waals surface area contributed by atoms with E-state index in [1.165, 1.54) is 18.2 Å². The number of allylic oxidation sites excluding steroid dienone is 2. The molecule has 0 amide bonds. The van der Waals surface area contributed by atoms with Gasteiger partial charge in [-0.1, -0.05) is 18.2 Å². The molecule has 180 valence electrons. The summed E-state index contributed by atoms with van der Waals surface area (Å²) < 4.78 is 45.7. The lowest BCUT2D eigenvalue weighted by Crippen LogP contribution is -2.33. The Morgan fingerprint density at radius 3 is 2.12 bits per heavy atom. The second-order valence-corrected chi connectivity index (χ2v) is 8.27. The number of hydrogen-bond acceptors (Lipinski definition) is 8. The van der Waals surface area contributed by atoms with E-state index in [0.717, 1.165) is 7.11 Å². The van der Waals surface area contributed by atoms with Crippen LogP contribution in [0.4, 0.5) is 8.78 Å². The number of halogens is 2. The predicted octanol–water partition coefficient (Wildman–Crippen LogP) is 3.79. The molecule has 0 saturated heterocycles. The maximum atomic E-state index is 13.0. The SMILES string of the molecule is COC(=O)C1=C(C)NC(C)=C(C(=O)OCOC(=O)C(C)(C)C)C1c1ccccc1OC(F)F. The molecule has 1 unspecified atom stereocenters. The highest BCUT2D eigenvalue weighted by Crippen LogP contribution is 2.43. The summed E-state index contributed by atoms with van der Waals surface area (Å²) in [5.74, 6) is -3.62. The number of alkyl halides is 2. The van der Waals surface area contributed by atoms with Gasteiger partial charge in [0.2, 0.25) is 6.79 Å². The van der Waals surface area contributed by atoms with Crippen LogP contribution in [-0.4, -0.2) is 38.4 Å². The molecule has 1 aromatic carbocycles. The van der Waals surface area contributed by atoms with E-state index in [1.807, 2.05) is 0 Å². The molecule has 0 saturated carbocycles. The minimum absolute atomic E-state index is 0.0204. The summed E-state index contributed by atoms with van der Waals surface area (Å²) in [6, 6.07) is 5.81. The van der Waals surface area contributed by atoms with Crippen molar-refractivity contribution in [2.45, 2.75) is 47.1 Å². The first-order valence-electron chi connectivity index (χ1n) is 10.0. The zero-order valence-corrected chi connectivity index (χ0v) is 19.3. The van der Waals surface area contributed by atoms with E-state index in [1.54, 1.807) is 40.7 Å². The molecule has 1 N–H and O–H groups in total. The van der Waals surface area contributed by atoms with Gasteiger partial charge in [0, 0.05) is 17.0 Å². The highest BCUT2D eigenvalue weighted by atomic mass is 19.3. The van der Waals surface area contributed by atoms with E-state index >= 15 is 0 Å². The van der Waals surface area contributed by atoms with Crippen LogP contribution in [0.25, 0.3) is 0 Å². The Bertz CT molecular complexity index is 993. The molecular formula is C23H27F2NO7. The van der Waals surface area contributed by atoms with Gasteiger partial charge in [0.1, 0.15) is 5.75 Å². The fourth-order valence-electron chi connectivity index (χ4n) is 3.31. The number of rotatable bonds is 7. The van der Waals surface area contributed by atoms with Crippen molar-refractivity contribution in [3.05, 3.63) is 52.4 Å². The molecular weight excluding hydrogens is 440 g/mol. The number of carbonyl (C=O) groups excluding carboxylic acids is 3. The minimum Gasteiger partial charge on any atom is -0.466 e. The third-order valence-electron chi connectivity index (χ3n) is 4.82. The van der Waals surface area contributed by atoms with Crippen molar-refractivity contribution >= 4 is 17.9 Å². The summed E-state index contributed by atoms with van der Waals surface area (Å²) in [6.07, 6.45) is 0. The van der Waals surface area contributed by atoms with Crippen LogP contribution in [0.3, 0.4) is 0 Å². The molecule has 1 aromatic rings. The van der Waals surface area contributed by atoms with Crippen molar-refractivity contribution in [2.24, 2.45) is 5.41 Å². The molecule has 1 aliphatic rings. The number of methoxy groups -OCH3 is 1. The number of esters is 3. The molecule has 1 atom stereocenters. The van der Waals surface area contributed by atoms with E-state index < -0.39 is 42.6 Å². The molecule has 0 radical (unpaired) electrons. The monoisotopic (exact) mass is 467 g/mol. The number of benzene rings is 1. The molecule has 0 bridgehead atoms. The molecule has 0 fully saturated rings. The molecule has 2 rings (SSSR count). The van der Waals surface area contributed by atoms with Crippen LogP contribution >= 0.6 is 0 Å². The van der Waals surface area contributed by atoms with Gasteiger partial charge in [-0.05, 0) is 40.7 Å². The highest BCUT2D eigenvalue weighted by molar-refractivity contribution is 6.00. The Balaban J connectivity index is 2.50. The normalized spacial score (nSPS) is 16.3. The smallest absolute Gasteiger partial charge is 0.387 e. The lowest BCUT2D eigenvalue weighted by molar-refractivity contribution is -0.171. The van der Waals surface area contributed by atoms with Crippen LogP contribution in [-0.2, 0) is 28.6 Å². The Kier molecular flexibility index (Phi) is 8.18. The Morgan fingerprint density at radius 1 is 1.00 bits per heavy atom. The Hall–Kier alpha value is -3.43. The van der Waals surface area contributed by atoms with Crippen LogP contribution in [0.5, 0.6) is 5.75 Å². The topological polar surface area (TPSA) is 100 Å². The fraction of sp³-hybridized carbons (Fsp3) is 0.435. The molecule has 10 heteroatoms. The average molecular weight is 467 g/mol. The second kappa shape index (κ2) is 10.5. The molecule has 0 aromatic heterocycles. The standard InChI is InChI=1S/C23H27F2NO7/c1-12-16(19(27)30-6)18(14-9-7-8-10-15(14)33-22(24)25)17(13(2)26-12)20(28)31-11-32-21(29)23(3,4)5/h7-10,18,22,26H,11H2,1-6H3. The summed E-state index contributed by atoms with van der Waals surface area (Å²) in [6.45, 7) is 4.29. The first-order chi connectivity index (χ1) is 15.4. The van der Waals surface area contributed by atoms with Crippen molar-refractivity contribution in [1.29, 1.82) is 0 Å². The van der Waals surface area contributed by atoms with Gasteiger partial charge in [0.05, 0.1) is 29.6 Å². The number of dihydropyridines is 1. The molecule has 1 aliphatic heterocycles. The van der Waals surface area contributed by atoms with Gasteiger partial charge in [0.15, 0.2) is 0 Å². The second-order valence-electron chi connectivity index (χ2n) is 8.27. The zero-order valence-electron chi connectivity index (χ0n) is 19.3. The Morgan fingerprint density at radius 2 is 1.58 bits per heavy atom. The van der Waals surface area contributed by atoms with Gasteiger partial charge in [-0.25, -0.2) is 9.59 Å².